The van der Waals surface area contributed by atoms with Crippen molar-refractivity contribution in [2.24, 2.45) is 4.99 Å². The Morgan fingerprint density at radius 3 is 1.26 bits per heavy atom. The first-order valence-corrected chi connectivity index (χ1v) is 9.36. The summed E-state index contributed by atoms with van der Waals surface area (Å²) in [6, 6.07) is 24.4. The van der Waals surface area contributed by atoms with Gasteiger partial charge in [0.05, 0.1) is 11.4 Å². The van der Waals surface area contributed by atoms with Crippen LogP contribution in [-0.2, 0) is 0 Å². The Labute approximate surface area is 160 Å². The van der Waals surface area contributed by atoms with Gasteiger partial charge >= 0.3 is 0 Å². The van der Waals surface area contributed by atoms with Crippen LogP contribution < -0.4 is 0 Å². The van der Waals surface area contributed by atoms with Gasteiger partial charge in [0.2, 0.25) is 0 Å². The number of aliphatic imine (C=N–C) groups is 1. The molecular weight excluding hydrogens is 482 g/mol. The highest BCUT2D eigenvalue weighted by molar-refractivity contribution is 9.11. The van der Waals surface area contributed by atoms with Gasteiger partial charge in [-0.05, 0) is 48.5 Å². The van der Waals surface area contributed by atoms with Crippen molar-refractivity contribution >= 4 is 59.2 Å². The van der Waals surface area contributed by atoms with Gasteiger partial charge in [-0.1, -0.05) is 72.1 Å². The molecule has 0 unspecified atom stereocenters. The van der Waals surface area contributed by atoms with Crippen LogP contribution in [0.15, 0.2) is 91.2 Å². The van der Waals surface area contributed by atoms with Crippen LogP contribution in [0, 0.1) is 0 Å². The molecule has 0 radical (unpaired) electrons. The van der Waals surface area contributed by atoms with Crippen molar-refractivity contribution in [2.45, 2.75) is 0 Å². The molecular formula is C19H12Br3N. The quantitative estimate of drug-likeness (QED) is 0.344. The SMILES string of the molecule is Brc1ccc(N=C(c2ccc(Br)cc2)c2ccc(Br)cc2)cc1. The minimum Gasteiger partial charge on any atom is -0.248 e. The second kappa shape index (κ2) is 7.56. The van der Waals surface area contributed by atoms with Crippen molar-refractivity contribution in [3.8, 4) is 0 Å². The summed E-state index contributed by atoms with van der Waals surface area (Å²) in [5, 5.41) is 0. The highest BCUT2D eigenvalue weighted by Gasteiger charge is 2.08. The van der Waals surface area contributed by atoms with Gasteiger partial charge in [-0.3, -0.25) is 0 Å². The van der Waals surface area contributed by atoms with E-state index in [2.05, 4.69) is 72.1 Å². The fraction of sp³-hybridized carbons (Fsp3) is 0. The molecule has 0 aliphatic rings. The normalized spacial score (nSPS) is 10.4. The summed E-state index contributed by atoms with van der Waals surface area (Å²) in [6.07, 6.45) is 0. The molecule has 3 aromatic rings. The molecule has 0 atom stereocenters. The van der Waals surface area contributed by atoms with Crippen molar-refractivity contribution in [1.82, 2.24) is 0 Å². The average Bonchev–Trinajstić information content (AvgIpc) is 2.56. The van der Waals surface area contributed by atoms with Gasteiger partial charge in [-0.15, -0.1) is 0 Å². The zero-order valence-electron chi connectivity index (χ0n) is 12.0. The maximum absolute atomic E-state index is 4.86. The Morgan fingerprint density at radius 1 is 0.522 bits per heavy atom. The molecule has 0 saturated heterocycles. The van der Waals surface area contributed by atoms with Crippen molar-refractivity contribution in [3.63, 3.8) is 0 Å². The summed E-state index contributed by atoms with van der Waals surface area (Å²) in [5.74, 6) is 0. The largest absolute Gasteiger partial charge is 0.248 e. The van der Waals surface area contributed by atoms with Gasteiger partial charge in [-0.25, -0.2) is 4.99 Å². The number of nitrogens with zero attached hydrogens (tertiary/aromatic N) is 1. The zero-order chi connectivity index (χ0) is 16.2. The topological polar surface area (TPSA) is 12.4 Å². The van der Waals surface area contributed by atoms with Crippen molar-refractivity contribution in [3.05, 3.63) is 97.3 Å². The van der Waals surface area contributed by atoms with E-state index >= 15 is 0 Å². The first-order chi connectivity index (χ1) is 11.1. The highest BCUT2D eigenvalue weighted by atomic mass is 79.9. The van der Waals surface area contributed by atoms with E-state index in [9.17, 15) is 0 Å². The summed E-state index contributed by atoms with van der Waals surface area (Å²) >= 11 is 10.4. The molecule has 0 amide bonds. The van der Waals surface area contributed by atoms with Gasteiger partial charge in [0, 0.05) is 24.5 Å². The second-order valence-corrected chi connectivity index (χ2v) is 7.70. The number of hydrogen-bond donors (Lipinski definition) is 0. The fourth-order valence-corrected chi connectivity index (χ4v) is 2.95. The van der Waals surface area contributed by atoms with Crippen molar-refractivity contribution < 1.29 is 0 Å². The predicted octanol–water partition coefficient (Wildman–Crippen LogP) is 7.14. The Balaban J connectivity index is 2.10. The lowest BCUT2D eigenvalue weighted by molar-refractivity contribution is 1.46. The third-order valence-corrected chi connectivity index (χ3v) is 4.89. The molecule has 4 heteroatoms. The van der Waals surface area contributed by atoms with Crippen LogP contribution in [0.1, 0.15) is 11.1 Å². The molecule has 0 bridgehead atoms. The van der Waals surface area contributed by atoms with Gasteiger partial charge in [-0.2, -0.15) is 0 Å². The monoisotopic (exact) mass is 491 g/mol. The van der Waals surface area contributed by atoms with E-state index in [1.54, 1.807) is 0 Å². The highest BCUT2D eigenvalue weighted by Crippen LogP contribution is 2.22. The van der Waals surface area contributed by atoms with Gasteiger partial charge in [0.15, 0.2) is 0 Å². The lowest BCUT2D eigenvalue weighted by atomic mass is 10.0. The summed E-state index contributed by atoms with van der Waals surface area (Å²) in [4.78, 5) is 4.86. The lowest BCUT2D eigenvalue weighted by Crippen LogP contribution is -2.02. The lowest BCUT2D eigenvalue weighted by Gasteiger charge is -2.08. The van der Waals surface area contributed by atoms with Crippen molar-refractivity contribution in [1.29, 1.82) is 0 Å². The third-order valence-electron chi connectivity index (χ3n) is 3.30. The molecule has 0 N–H and O–H groups in total. The van der Waals surface area contributed by atoms with Crippen LogP contribution in [0.3, 0.4) is 0 Å². The first kappa shape index (κ1) is 16.6. The van der Waals surface area contributed by atoms with E-state index in [-0.39, 0.29) is 0 Å². The minimum absolute atomic E-state index is 0.925. The smallest absolute Gasteiger partial charge is 0.0781 e. The van der Waals surface area contributed by atoms with E-state index in [1.165, 1.54) is 0 Å². The molecule has 3 aromatic carbocycles. The molecule has 0 spiro atoms. The Morgan fingerprint density at radius 2 is 0.870 bits per heavy atom. The van der Waals surface area contributed by atoms with E-state index in [4.69, 9.17) is 4.99 Å². The van der Waals surface area contributed by atoms with E-state index in [0.717, 1.165) is 35.9 Å². The van der Waals surface area contributed by atoms with E-state index in [0.29, 0.717) is 0 Å². The molecule has 0 aromatic heterocycles. The third kappa shape index (κ3) is 4.40. The zero-order valence-corrected chi connectivity index (χ0v) is 16.8. The second-order valence-electron chi connectivity index (χ2n) is 4.95. The number of halogens is 3. The van der Waals surface area contributed by atoms with Crippen LogP contribution in [0.5, 0.6) is 0 Å². The number of rotatable bonds is 3. The van der Waals surface area contributed by atoms with E-state index in [1.807, 2.05) is 48.5 Å². The fourth-order valence-electron chi connectivity index (χ4n) is 2.16. The Bertz CT molecular complexity index is 772. The first-order valence-electron chi connectivity index (χ1n) is 6.98. The summed E-state index contributed by atoms with van der Waals surface area (Å²) in [5.41, 5.74) is 4.04. The number of benzene rings is 3. The van der Waals surface area contributed by atoms with Gasteiger partial charge in [0.1, 0.15) is 0 Å². The summed E-state index contributed by atoms with van der Waals surface area (Å²) in [6.45, 7) is 0. The minimum atomic E-state index is 0.925. The Kier molecular flexibility index (Phi) is 5.46. The summed E-state index contributed by atoms with van der Waals surface area (Å²) < 4.78 is 3.16. The molecule has 0 saturated carbocycles. The van der Waals surface area contributed by atoms with Crippen LogP contribution in [0.25, 0.3) is 0 Å². The predicted molar refractivity (Wildman–Crippen MR) is 108 cm³/mol. The molecule has 23 heavy (non-hydrogen) atoms. The molecule has 0 heterocycles. The van der Waals surface area contributed by atoms with Crippen molar-refractivity contribution in [2.75, 3.05) is 0 Å². The molecule has 0 aliphatic heterocycles. The van der Waals surface area contributed by atoms with Crippen LogP contribution in [0.2, 0.25) is 0 Å². The molecule has 0 aliphatic carbocycles. The maximum Gasteiger partial charge on any atom is 0.0781 e. The van der Waals surface area contributed by atoms with Crippen LogP contribution in [0.4, 0.5) is 5.69 Å². The van der Waals surface area contributed by atoms with Gasteiger partial charge < -0.3 is 0 Å². The number of hydrogen-bond acceptors (Lipinski definition) is 1. The molecule has 3 rings (SSSR count). The standard InChI is InChI=1S/C19H12Br3N/c20-15-5-1-13(2-6-15)19(14-3-7-16(21)8-4-14)23-18-11-9-17(22)10-12-18/h1-12H. The van der Waals surface area contributed by atoms with Crippen LogP contribution in [-0.4, -0.2) is 5.71 Å². The molecule has 0 fully saturated rings. The van der Waals surface area contributed by atoms with Gasteiger partial charge in [0.25, 0.3) is 0 Å². The summed E-state index contributed by atoms with van der Waals surface area (Å²) in [7, 11) is 0. The average molecular weight is 494 g/mol. The molecule has 114 valence electrons. The van der Waals surface area contributed by atoms with E-state index < -0.39 is 0 Å². The Hall–Kier alpha value is -1.23. The maximum atomic E-state index is 4.86. The van der Waals surface area contributed by atoms with Crippen LogP contribution >= 0.6 is 47.8 Å². The molecule has 1 nitrogen and oxygen atoms in total.